The predicted octanol–water partition coefficient (Wildman–Crippen LogP) is 3.63. The molecule has 0 saturated carbocycles. The molecule has 19 heavy (non-hydrogen) atoms. The van der Waals surface area contributed by atoms with Gasteiger partial charge in [0.25, 0.3) is 0 Å². The van der Waals surface area contributed by atoms with Gasteiger partial charge >= 0.3 is 0 Å². The van der Waals surface area contributed by atoms with Gasteiger partial charge in [0.05, 0.1) is 16.8 Å². The van der Waals surface area contributed by atoms with Crippen molar-refractivity contribution in [3.63, 3.8) is 0 Å². The molecule has 0 fully saturated rings. The molecule has 1 N–H and O–H groups in total. The van der Waals surface area contributed by atoms with E-state index in [1.54, 1.807) is 10.8 Å². The fourth-order valence-electron chi connectivity index (χ4n) is 2.19. The summed E-state index contributed by atoms with van der Waals surface area (Å²) in [5.74, 6) is 0.237. The molecular weight excluding hydrogens is 236 g/mol. The van der Waals surface area contributed by atoms with E-state index in [1.807, 2.05) is 61.6 Å². The third-order valence-electron chi connectivity index (χ3n) is 3.21. The van der Waals surface area contributed by atoms with Crippen LogP contribution in [0.25, 0.3) is 10.9 Å². The third-order valence-corrected chi connectivity index (χ3v) is 3.21. The van der Waals surface area contributed by atoms with Crippen LogP contribution in [0.3, 0.4) is 0 Å². The number of fused-ring (bicyclic) bond motifs is 1. The fourth-order valence-corrected chi connectivity index (χ4v) is 2.19. The van der Waals surface area contributed by atoms with E-state index in [2.05, 4.69) is 4.99 Å². The maximum absolute atomic E-state index is 10.2. The normalized spacial score (nSPS) is 11.4. The highest BCUT2D eigenvalue weighted by Gasteiger charge is 2.11. The van der Waals surface area contributed by atoms with Gasteiger partial charge in [-0.1, -0.05) is 36.4 Å². The molecule has 3 nitrogen and oxygen atoms in total. The first-order valence-electron chi connectivity index (χ1n) is 6.13. The molecule has 0 unspecified atom stereocenters. The van der Waals surface area contributed by atoms with Crippen molar-refractivity contribution < 1.29 is 5.11 Å². The molecule has 0 amide bonds. The van der Waals surface area contributed by atoms with Crippen LogP contribution >= 0.6 is 0 Å². The Morgan fingerprint density at radius 3 is 2.47 bits per heavy atom. The molecule has 0 aliphatic rings. The van der Waals surface area contributed by atoms with Gasteiger partial charge in [0.2, 0.25) is 5.88 Å². The van der Waals surface area contributed by atoms with E-state index in [0.717, 1.165) is 22.2 Å². The van der Waals surface area contributed by atoms with Gasteiger partial charge in [-0.3, -0.25) is 4.99 Å². The number of hydrogen-bond acceptors (Lipinski definition) is 2. The second kappa shape index (κ2) is 4.61. The first-order chi connectivity index (χ1) is 9.27. The molecule has 0 aliphatic heterocycles. The fraction of sp³-hybridized carbons (Fsp3) is 0.0625. The van der Waals surface area contributed by atoms with Crippen LogP contribution in [0, 0.1) is 0 Å². The Morgan fingerprint density at radius 2 is 1.68 bits per heavy atom. The van der Waals surface area contributed by atoms with E-state index in [4.69, 9.17) is 0 Å². The third kappa shape index (κ3) is 1.99. The molecule has 3 heteroatoms. The zero-order chi connectivity index (χ0) is 13.2. The van der Waals surface area contributed by atoms with Crippen LogP contribution in [0.4, 0.5) is 5.69 Å². The smallest absolute Gasteiger partial charge is 0.200 e. The van der Waals surface area contributed by atoms with E-state index in [1.165, 1.54) is 0 Å². The first kappa shape index (κ1) is 11.5. The van der Waals surface area contributed by atoms with Crippen molar-refractivity contribution in [2.24, 2.45) is 12.0 Å². The number of para-hydroxylation sites is 2. The lowest BCUT2D eigenvalue weighted by Gasteiger charge is -1.96. The molecule has 3 rings (SSSR count). The Morgan fingerprint density at radius 1 is 1.00 bits per heavy atom. The Labute approximate surface area is 111 Å². The first-order valence-corrected chi connectivity index (χ1v) is 6.13. The molecule has 0 spiro atoms. The maximum Gasteiger partial charge on any atom is 0.200 e. The maximum atomic E-state index is 10.2. The summed E-state index contributed by atoms with van der Waals surface area (Å²) in [5, 5.41) is 11.2. The van der Waals surface area contributed by atoms with E-state index in [0.29, 0.717) is 0 Å². The number of hydrogen-bond donors (Lipinski definition) is 1. The molecule has 0 atom stereocenters. The van der Waals surface area contributed by atoms with Crippen molar-refractivity contribution in [1.29, 1.82) is 0 Å². The zero-order valence-electron chi connectivity index (χ0n) is 10.6. The molecule has 0 saturated heterocycles. The topological polar surface area (TPSA) is 37.5 Å². The van der Waals surface area contributed by atoms with Gasteiger partial charge in [-0.15, -0.1) is 0 Å². The number of aromatic hydroxyl groups is 1. The van der Waals surface area contributed by atoms with Crippen molar-refractivity contribution in [1.82, 2.24) is 4.57 Å². The van der Waals surface area contributed by atoms with Crippen LogP contribution in [-0.4, -0.2) is 15.9 Å². The number of benzene rings is 2. The number of aliphatic imine (C=N–C) groups is 1. The number of nitrogens with zero attached hydrogens (tertiary/aromatic N) is 2. The molecule has 94 valence electrons. The van der Waals surface area contributed by atoms with Crippen LogP contribution in [-0.2, 0) is 7.05 Å². The Kier molecular flexibility index (Phi) is 2.80. The minimum atomic E-state index is 0.237. The van der Waals surface area contributed by atoms with Gasteiger partial charge in [-0.25, -0.2) is 0 Å². The highest BCUT2D eigenvalue weighted by Crippen LogP contribution is 2.29. The minimum absolute atomic E-state index is 0.237. The molecule has 0 aliphatic carbocycles. The summed E-state index contributed by atoms with van der Waals surface area (Å²) in [6.07, 6.45) is 1.72. The summed E-state index contributed by atoms with van der Waals surface area (Å²) < 4.78 is 1.77. The van der Waals surface area contributed by atoms with Crippen molar-refractivity contribution in [3.05, 3.63) is 60.2 Å². The highest BCUT2D eigenvalue weighted by atomic mass is 16.3. The van der Waals surface area contributed by atoms with E-state index >= 15 is 0 Å². The SMILES string of the molecule is Cn1c(O)c(C=Nc2ccccc2)c2ccccc21. The van der Waals surface area contributed by atoms with Crippen LogP contribution in [0.5, 0.6) is 5.88 Å². The van der Waals surface area contributed by atoms with Crippen molar-refractivity contribution in [2.75, 3.05) is 0 Å². The van der Waals surface area contributed by atoms with Crippen LogP contribution in [0.1, 0.15) is 5.56 Å². The van der Waals surface area contributed by atoms with Gasteiger partial charge < -0.3 is 9.67 Å². The minimum Gasteiger partial charge on any atom is -0.494 e. The monoisotopic (exact) mass is 250 g/mol. The standard InChI is InChI=1S/C16H14N2O/c1-18-15-10-6-5-9-13(15)14(16(18)19)11-17-12-7-3-2-4-8-12/h2-11,19H,1H3. The van der Waals surface area contributed by atoms with E-state index < -0.39 is 0 Å². The quantitative estimate of drug-likeness (QED) is 0.693. The molecule has 0 bridgehead atoms. The average molecular weight is 250 g/mol. The number of aromatic nitrogens is 1. The summed E-state index contributed by atoms with van der Waals surface area (Å²) in [4.78, 5) is 4.40. The summed E-state index contributed by atoms with van der Waals surface area (Å²) in [7, 11) is 1.84. The summed E-state index contributed by atoms with van der Waals surface area (Å²) in [6, 6.07) is 17.6. The molecule has 1 aromatic heterocycles. The zero-order valence-corrected chi connectivity index (χ0v) is 10.6. The predicted molar refractivity (Wildman–Crippen MR) is 78.3 cm³/mol. The molecule has 3 aromatic rings. The van der Waals surface area contributed by atoms with Gasteiger partial charge in [0, 0.05) is 18.6 Å². The summed E-state index contributed by atoms with van der Waals surface area (Å²) in [5.41, 5.74) is 2.62. The Hall–Kier alpha value is -2.55. The van der Waals surface area contributed by atoms with Gasteiger partial charge in [0.15, 0.2) is 0 Å². The Bertz CT molecular complexity index is 742. The summed E-state index contributed by atoms with van der Waals surface area (Å²) >= 11 is 0. The largest absolute Gasteiger partial charge is 0.494 e. The lowest BCUT2D eigenvalue weighted by molar-refractivity contribution is 0.434. The molecule has 2 aromatic carbocycles. The summed E-state index contributed by atoms with van der Waals surface area (Å²) in [6.45, 7) is 0. The van der Waals surface area contributed by atoms with E-state index in [-0.39, 0.29) is 5.88 Å². The van der Waals surface area contributed by atoms with Crippen LogP contribution < -0.4 is 0 Å². The lowest BCUT2D eigenvalue weighted by Crippen LogP contribution is -1.85. The average Bonchev–Trinajstić information content (AvgIpc) is 2.71. The van der Waals surface area contributed by atoms with Crippen LogP contribution in [0.15, 0.2) is 59.6 Å². The molecular formula is C16H14N2O. The molecule has 1 heterocycles. The number of rotatable bonds is 2. The second-order valence-electron chi connectivity index (χ2n) is 4.41. The second-order valence-corrected chi connectivity index (χ2v) is 4.41. The van der Waals surface area contributed by atoms with Gasteiger partial charge in [-0.2, -0.15) is 0 Å². The van der Waals surface area contributed by atoms with Crippen molar-refractivity contribution in [3.8, 4) is 5.88 Å². The van der Waals surface area contributed by atoms with Gasteiger partial charge in [0.1, 0.15) is 0 Å². The number of aryl methyl sites for hydroxylation is 1. The van der Waals surface area contributed by atoms with Crippen molar-refractivity contribution >= 4 is 22.8 Å². The lowest BCUT2D eigenvalue weighted by atomic mass is 10.2. The van der Waals surface area contributed by atoms with Crippen LogP contribution in [0.2, 0.25) is 0 Å². The van der Waals surface area contributed by atoms with Gasteiger partial charge in [-0.05, 0) is 18.2 Å². The van der Waals surface area contributed by atoms with E-state index in [9.17, 15) is 5.11 Å². The Balaban J connectivity index is 2.11. The molecule has 0 radical (unpaired) electrons. The highest BCUT2D eigenvalue weighted by molar-refractivity contribution is 6.03. The van der Waals surface area contributed by atoms with Crippen molar-refractivity contribution in [2.45, 2.75) is 0 Å².